The second kappa shape index (κ2) is 6.61. The van der Waals surface area contributed by atoms with Gasteiger partial charge in [-0.05, 0) is 25.0 Å². The molecule has 1 aromatic carbocycles. The van der Waals surface area contributed by atoms with Gasteiger partial charge in [-0.2, -0.15) is 0 Å². The molecule has 4 nitrogen and oxygen atoms in total. The maximum absolute atomic E-state index is 13.2. The summed E-state index contributed by atoms with van der Waals surface area (Å²) < 4.78 is 18.6. The van der Waals surface area contributed by atoms with Gasteiger partial charge in [0.25, 0.3) is 0 Å². The minimum Gasteiger partial charge on any atom is -0.493 e. The third-order valence-corrected chi connectivity index (χ3v) is 3.21. The molecule has 0 amide bonds. The Morgan fingerprint density at radius 2 is 2.21 bits per heavy atom. The zero-order valence-corrected chi connectivity index (χ0v) is 11.7. The normalized spacial score (nSPS) is 12.5. The highest BCUT2D eigenvalue weighted by atomic mass is 35.5. The molecule has 0 aromatic heterocycles. The average molecular weight is 289 g/mol. The van der Waals surface area contributed by atoms with E-state index >= 15 is 0 Å². The van der Waals surface area contributed by atoms with Crippen LogP contribution in [0.25, 0.3) is 0 Å². The number of halogens is 2. The monoisotopic (exact) mass is 288 g/mol. The molecule has 1 rings (SSSR count). The third kappa shape index (κ3) is 4.59. The van der Waals surface area contributed by atoms with Gasteiger partial charge in [-0.15, -0.1) is 0 Å². The molecule has 0 bridgehead atoms. The quantitative estimate of drug-likeness (QED) is 0.277. The van der Waals surface area contributed by atoms with Crippen LogP contribution in [0.15, 0.2) is 23.4 Å². The summed E-state index contributed by atoms with van der Waals surface area (Å²) in [7, 11) is 0. The van der Waals surface area contributed by atoms with Crippen LogP contribution in [0.1, 0.15) is 26.7 Å². The van der Waals surface area contributed by atoms with E-state index in [4.69, 9.17) is 27.3 Å². The van der Waals surface area contributed by atoms with E-state index in [0.29, 0.717) is 25.2 Å². The number of hydrogen-bond acceptors (Lipinski definition) is 3. The van der Waals surface area contributed by atoms with Gasteiger partial charge in [0, 0.05) is 11.5 Å². The lowest BCUT2D eigenvalue weighted by atomic mass is 9.87. The van der Waals surface area contributed by atoms with Crippen molar-refractivity contribution in [1.82, 2.24) is 0 Å². The van der Waals surface area contributed by atoms with E-state index in [9.17, 15) is 4.39 Å². The first-order chi connectivity index (χ1) is 8.86. The number of rotatable bonds is 6. The Morgan fingerprint density at radius 1 is 1.53 bits per heavy atom. The molecule has 0 heterocycles. The maximum Gasteiger partial charge on any atom is 0.145 e. The first kappa shape index (κ1) is 15.6. The highest BCUT2D eigenvalue weighted by Crippen LogP contribution is 2.24. The number of oxime groups is 1. The molecule has 0 aliphatic rings. The van der Waals surface area contributed by atoms with Crippen LogP contribution in [0, 0.1) is 11.2 Å². The van der Waals surface area contributed by atoms with Gasteiger partial charge in [-0.25, -0.2) is 4.39 Å². The Hall–Kier alpha value is -1.49. The smallest absolute Gasteiger partial charge is 0.145 e. The molecule has 0 aliphatic heterocycles. The molecule has 6 heteroatoms. The predicted octanol–water partition coefficient (Wildman–Crippen LogP) is 3.41. The lowest BCUT2D eigenvalue weighted by Crippen LogP contribution is -2.32. The van der Waals surface area contributed by atoms with Crippen molar-refractivity contribution < 1.29 is 14.3 Å². The van der Waals surface area contributed by atoms with Gasteiger partial charge in [0.15, 0.2) is 0 Å². The van der Waals surface area contributed by atoms with E-state index in [1.807, 2.05) is 13.8 Å². The lowest BCUT2D eigenvalue weighted by molar-refractivity contribution is 0.277. The van der Waals surface area contributed by atoms with E-state index < -0.39 is 11.2 Å². The summed E-state index contributed by atoms with van der Waals surface area (Å²) in [6, 6.07) is 4.31. The fourth-order valence-electron chi connectivity index (χ4n) is 1.53. The van der Waals surface area contributed by atoms with Gasteiger partial charge >= 0.3 is 0 Å². The van der Waals surface area contributed by atoms with Crippen molar-refractivity contribution in [1.29, 1.82) is 0 Å². The van der Waals surface area contributed by atoms with Gasteiger partial charge < -0.3 is 15.7 Å². The second-order valence-corrected chi connectivity index (χ2v) is 5.30. The Morgan fingerprint density at radius 3 is 2.79 bits per heavy atom. The summed E-state index contributed by atoms with van der Waals surface area (Å²) in [6.45, 7) is 4.18. The van der Waals surface area contributed by atoms with Crippen molar-refractivity contribution in [2.24, 2.45) is 16.3 Å². The van der Waals surface area contributed by atoms with Crippen molar-refractivity contribution in [3.63, 3.8) is 0 Å². The number of amidine groups is 1. The van der Waals surface area contributed by atoms with Gasteiger partial charge in [0.1, 0.15) is 17.4 Å². The van der Waals surface area contributed by atoms with Crippen LogP contribution in [0.2, 0.25) is 5.02 Å². The zero-order chi connectivity index (χ0) is 14.5. The molecule has 0 aliphatic carbocycles. The highest BCUT2D eigenvalue weighted by Gasteiger charge is 2.22. The summed E-state index contributed by atoms with van der Waals surface area (Å²) >= 11 is 5.57. The fourth-order valence-corrected chi connectivity index (χ4v) is 1.65. The van der Waals surface area contributed by atoms with E-state index in [1.165, 1.54) is 12.1 Å². The van der Waals surface area contributed by atoms with Crippen molar-refractivity contribution in [2.45, 2.75) is 26.7 Å². The molecular weight excluding hydrogens is 271 g/mol. The maximum atomic E-state index is 13.2. The fraction of sp³-hybridized carbons (Fsp3) is 0.462. The lowest BCUT2D eigenvalue weighted by Gasteiger charge is -2.22. The third-order valence-electron chi connectivity index (χ3n) is 2.91. The van der Waals surface area contributed by atoms with Crippen molar-refractivity contribution >= 4 is 17.4 Å². The molecule has 106 valence electrons. The van der Waals surface area contributed by atoms with E-state index in [1.54, 1.807) is 6.07 Å². The average Bonchev–Trinajstić information content (AvgIpc) is 2.37. The summed E-state index contributed by atoms with van der Waals surface area (Å²) in [5.41, 5.74) is 5.18. The summed E-state index contributed by atoms with van der Waals surface area (Å²) in [5.74, 6) is 0.115. The molecule has 0 radical (unpaired) electrons. The summed E-state index contributed by atoms with van der Waals surface area (Å²) in [4.78, 5) is 0. The first-order valence-corrected chi connectivity index (χ1v) is 6.30. The van der Waals surface area contributed by atoms with Crippen LogP contribution >= 0.6 is 11.6 Å². The van der Waals surface area contributed by atoms with Gasteiger partial charge in [0.05, 0.1) is 11.6 Å². The van der Waals surface area contributed by atoms with Crippen molar-refractivity contribution in [2.75, 3.05) is 6.61 Å². The highest BCUT2D eigenvalue weighted by molar-refractivity contribution is 6.30. The minimum absolute atomic E-state index is 0.0698. The molecular formula is C13H18ClFN2O2. The Kier molecular flexibility index (Phi) is 5.42. The largest absolute Gasteiger partial charge is 0.493 e. The molecule has 0 spiro atoms. The van der Waals surface area contributed by atoms with Crippen LogP contribution in [-0.4, -0.2) is 17.6 Å². The zero-order valence-electron chi connectivity index (χ0n) is 11.0. The first-order valence-electron chi connectivity index (χ1n) is 5.92. The van der Waals surface area contributed by atoms with Crippen LogP contribution in [0.5, 0.6) is 5.75 Å². The minimum atomic E-state index is -0.504. The van der Waals surface area contributed by atoms with Crippen LogP contribution in [0.3, 0.4) is 0 Å². The predicted molar refractivity (Wildman–Crippen MR) is 73.3 cm³/mol. The molecule has 3 N–H and O–H groups in total. The SMILES string of the molecule is CC(C)(CCCOc1ccc(Cl)c(F)c1)/C(N)=N/O. The van der Waals surface area contributed by atoms with E-state index in [2.05, 4.69) is 5.16 Å². The number of nitrogens with zero attached hydrogens (tertiary/aromatic N) is 1. The Bertz CT molecular complexity index is 464. The van der Waals surface area contributed by atoms with Crippen molar-refractivity contribution in [3.8, 4) is 5.75 Å². The molecule has 0 saturated carbocycles. The molecule has 0 fully saturated rings. The Labute approximate surface area is 117 Å². The number of ether oxygens (including phenoxy) is 1. The Balaban J connectivity index is 2.41. The molecule has 0 atom stereocenters. The van der Waals surface area contributed by atoms with E-state index in [0.717, 1.165) is 0 Å². The van der Waals surface area contributed by atoms with Gasteiger partial charge in [-0.1, -0.05) is 30.6 Å². The van der Waals surface area contributed by atoms with Crippen molar-refractivity contribution in [3.05, 3.63) is 29.0 Å². The number of hydrogen-bond donors (Lipinski definition) is 2. The van der Waals surface area contributed by atoms with Gasteiger partial charge in [-0.3, -0.25) is 0 Å². The molecule has 1 aromatic rings. The molecule has 0 unspecified atom stereocenters. The van der Waals surface area contributed by atoms with E-state index in [-0.39, 0.29) is 10.9 Å². The number of benzene rings is 1. The van der Waals surface area contributed by atoms with Crippen LogP contribution in [0.4, 0.5) is 4.39 Å². The molecule has 19 heavy (non-hydrogen) atoms. The summed E-state index contributed by atoms with van der Waals surface area (Å²) in [5, 5.41) is 11.7. The second-order valence-electron chi connectivity index (χ2n) is 4.90. The van der Waals surface area contributed by atoms with Crippen LogP contribution in [-0.2, 0) is 0 Å². The standard InChI is InChI=1S/C13H18ClFN2O2/c1-13(2,12(16)17-18)6-3-7-19-9-4-5-10(14)11(15)8-9/h4-5,8,18H,3,6-7H2,1-2H3,(H2,16,17). The van der Waals surface area contributed by atoms with Gasteiger partial charge in [0.2, 0.25) is 0 Å². The van der Waals surface area contributed by atoms with Crippen LogP contribution < -0.4 is 10.5 Å². The summed E-state index contributed by atoms with van der Waals surface area (Å²) in [6.07, 6.45) is 1.40. The topological polar surface area (TPSA) is 67.8 Å². The number of nitrogens with two attached hydrogens (primary N) is 1. The molecule has 0 saturated heterocycles.